The molecule has 3 aromatic heterocycles. The molecule has 0 saturated carbocycles. The number of hydrogen-bond donors (Lipinski definition) is 0. The van der Waals surface area contributed by atoms with E-state index in [0.717, 1.165) is 11.1 Å². The highest BCUT2D eigenvalue weighted by atomic mass is 19.4. The van der Waals surface area contributed by atoms with E-state index in [-0.39, 0.29) is 0 Å². The van der Waals surface area contributed by atoms with Crippen LogP contribution in [0.15, 0.2) is 73.9 Å². The van der Waals surface area contributed by atoms with Gasteiger partial charge in [0.15, 0.2) is 0 Å². The van der Waals surface area contributed by atoms with Gasteiger partial charge in [0.25, 0.3) is 11.5 Å². The van der Waals surface area contributed by atoms with Crippen molar-refractivity contribution in [3.63, 3.8) is 0 Å². The van der Waals surface area contributed by atoms with E-state index < -0.39 is 35.8 Å². The van der Waals surface area contributed by atoms with E-state index in [4.69, 9.17) is 8.83 Å². The van der Waals surface area contributed by atoms with Crippen LogP contribution in [0.3, 0.4) is 0 Å². The summed E-state index contributed by atoms with van der Waals surface area (Å²) in [6.45, 7) is -0.602. The molecule has 3 aromatic rings. The fourth-order valence-electron chi connectivity index (χ4n) is 3.08. The number of furan rings is 2. The molecule has 7 nitrogen and oxygen atoms in total. The smallest absolute Gasteiger partial charge is 0.417 e. The van der Waals surface area contributed by atoms with Crippen LogP contribution in [0.5, 0.6) is 0 Å². The third-order valence-corrected chi connectivity index (χ3v) is 4.46. The molecule has 0 saturated heterocycles. The number of alkyl halides is 3. The van der Waals surface area contributed by atoms with Crippen molar-refractivity contribution in [3.05, 3.63) is 82.6 Å². The number of amides is 1. The average Bonchev–Trinajstić information content (AvgIpc) is 3.42. The van der Waals surface area contributed by atoms with Crippen LogP contribution in [0.4, 0.5) is 13.2 Å². The Kier molecular flexibility index (Phi) is 4.61. The maximum Gasteiger partial charge on any atom is 0.417 e. The van der Waals surface area contributed by atoms with Gasteiger partial charge >= 0.3 is 6.18 Å². The van der Waals surface area contributed by atoms with Crippen LogP contribution in [0.1, 0.15) is 29.5 Å². The minimum atomic E-state index is -4.63. The van der Waals surface area contributed by atoms with Crippen molar-refractivity contribution in [2.45, 2.75) is 25.2 Å². The van der Waals surface area contributed by atoms with Crippen LogP contribution in [0.2, 0.25) is 0 Å². The first-order valence-electron chi connectivity index (χ1n) is 8.57. The molecule has 1 amide bonds. The number of rotatable bonds is 4. The third kappa shape index (κ3) is 3.73. The number of hydrogen-bond acceptors (Lipinski definition) is 5. The molecule has 0 aliphatic carbocycles. The van der Waals surface area contributed by atoms with Gasteiger partial charge in [-0.1, -0.05) is 0 Å². The van der Waals surface area contributed by atoms with E-state index in [2.05, 4.69) is 5.10 Å². The van der Waals surface area contributed by atoms with Crippen molar-refractivity contribution in [1.29, 1.82) is 0 Å². The standard InChI is InChI=1S/C19H14F3N3O4/c20-19(21,22)12-5-6-17(26)24(10-12)11-18(27)25-14(16-4-2-8-29-16)9-13(23-25)15-3-1-7-28-15/h1-8,10,14H,9,11H2. The summed E-state index contributed by atoms with van der Waals surface area (Å²) in [5.74, 6) is 0.266. The molecule has 150 valence electrons. The maximum absolute atomic E-state index is 12.9. The second-order valence-corrected chi connectivity index (χ2v) is 6.38. The molecular weight excluding hydrogens is 391 g/mol. The molecule has 0 radical (unpaired) electrons. The van der Waals surface area contributed by atoms with Gasteiger partial charge in [0.1, 0.15) is 29.8 Å². The van der Waals surface area contributed by atoms with Gasteiger partial charge in [-0.15, -0.1) is 0 Å². The van der Waals surface area contributed by atoms with Crippen LogP contribution >= 0.6 is 0 Å². The minimum Gasteiger partial charge on any atom is -0.467 e. The lowest BCUT2D eigenvalue weighted by Gasteiger charge is -2.20. The van der Waals surface area contributed by atoms with Gasteiger partial charge in [-0.25, -0.2) is 5.01 Å². The molecule has 29 heavy (non-hydrogen) atoms. The second kappa shape index (κ2) is 7.12. The Labute approximate surface area is 161 Å². The van der Waals surface area contributed by atoms with Gasteiger partial charge < -0.3 is 13.4 Å². The lowest BCUT2D eigenvalue weighted by molar-refractivity contribution is -0.139. The molecule has 1 aliphatic rings. The van der Waals surface area contributed by atoms with E-state index in [1.54, 1.807) is 24.3 Å². The largest absolute Gasteiger partial charge is 0.467 e. The van der Waals surface area contributed by atoms with Gasteiger partial charge in [-0.3, -0.25) is 9.59 Å². The molecule has 1 atom stereocenters. The van der Waals surface area contributed by atoms with Gasteiger partial charge in [-0.05, 0) is 30.3 Å². The summed E-state index contributed by atoms with van der Waals surface area (Å²) in [7, 11) is 0. The van der Waals surface area contributed by atoms with E-state index in [9.17, 15) is 22.8 Å². The van der Waals surface area contributed by atoms with E-state index in [1.165, 1.54) is 12.5 Å². The predicted molar refractivity (Wildman–Crippen MR) is 93.9 cm³/mol. The van der Waals surface area contributed by atoms with Crippen molar-refractivity contribution in [2.75, 3.05) is 0 Å². The number of carbonyl (C=O) groups is 1. The highest BCUT2D eigenvalue weighted by molar-refractivity contribution is 6.01. The molecule has 1 unspecified atom stereocenters. The van der Waals surface area contributed by atoms with Crippen molar-refractivity contribution in [3.8, 4) is 0 Å². The third-order valence-electron chi connectivity index (χ3n) is 4.46. The molecule has 1 aliphatic heterocycles. The van der Waals surface area contributed by atoms with Gasteiger partial charge in [0.2, 0.25) is 0 Å². The van der Waals surface area contributed by atoms with Gasteiger partial charge in [-0.2, -0.15) is 18.3 Å². The SMILES string of the molecule is O=C(Cn1cc(C(F)(F)F)ccc1=O)N1N=C(c2ccco2)CC1c1ccco1. The van der Waals surface area contributed by atoms with E-state index >= 15 is 0 Å². The number of pyridine rings is 1. The first-order valence-corrected chi connectivity index (χ1v) is 8.57. The first-order chi connectivity index (χ1) is 13.8. The van der Waals surface area contributed by atoms with Crippen LogP contribution in [0, 0.1) is 0 Å². The summed E-state index contributed by atoms with van der Waals surface area (Å²) in [4.78, 5) is 24.8. The fourth-order valence-corrected chi connectivity index (χ4v) is 3.08. The van der Waals surface area contributed by atoms with Crippen LogP contribution in [-0.2, 0) is 17.5 Å². The fraction of sp³-hybridized carbons (Fsp3) is 0.211. The van der Waals surface area contributed by atoms with Crippen molar-refractivity contribution in [2.24, 2.45) is 5.10 Å². The van der Waals surface area contributed by atoms with Crippen LogP contribution in [-0.4, -0.2) is 21.2 Å². The van der Waals surface area contributed by atoms with Crippen molar-refractivity contribution in [1.82, 2.24) is 9.58 Å². The summed E-state index contributed by atoms with van der Waals surface area (Å²) in [5, 5.41) is 5.39. The number of halogens is 3. The summed E-state index contributed by atoms with van der Waals surface area (Å²) in [6.07, 6.45) is -0.806. The minimum absolute atomic E-state index is 0.296. The van der Waals surface area contributed by atoms with E-state index in [1.807, 2.05) is 0 Å². The number of aromatic nitrogens is 1. The molecule has 4 rings (SSSR count). The van der Waals surface area contributed by atoms with Gasteiger partial charge in [0.05, 0.1) is 18.1 Å². The predicted octanol–water partition coefficient (Wildman–Crippen LogP) is 3.43. The molecule has 0 bridgehead atoms. The number of hydrazone groups is 1. The van der Waals surface area contributed by atoms with Crippen molar-refractivity contribution >= 4 is 11.6 Å². The molecule has 10 heteroatoms. The highest BCUT2D eigenvalue weighted by Crippen LogP contribution is 2.33. The maximum atomic E-state index is 12.9. The topological polar surface area (TPSA) is 81.0 Å². The Morgan fingerprint density at radius 1 is 1.14 bits per heavy atom. The normalized spacial score (nSPS) is 16.9. The summed E-state index contributed by atoms with van der Waals surface area (Å²) in [5.41, 5.74) is -1.26. The molecular formula is C19H14F3N3O4. The lowest BCUT2D eigenvalue weighted by atomic mass is 10.1. The Balaban J connectivity index is 1.64. The summed E-state index contributed by atoms with van der Waals surface area (Å²) < 4.78 is 50.2. The lowest BCUT2D eigenvalue weighted by Crippen LogP contribution is -2.34. The average molecular weight is 405 g/mol. The number of nitrogens with zero attached hydrogens (tertiary/aromatic N) is 3. The number of carbonyl (C=O) groups excluding carboxylic acids is 1. The zero-order valence-corrected chi connectivity index (χ0v) is 14.8. The zero-order chi connectivity index (χ0) is 20.6. The van der Waals surface area contributed by atoms with Crippen molar-refractivity contribution < 1.29 is 26.8 Å². The van der Waals surface area contributed by atoms with Crippen LogP contribution in [0.25, 0.3) is 0 Å². The van der Waals surface area contributed by atoms with Crippen LogP contribution < -0.4 is 5.56 Å². The Bertz CT molecular complexity index is 1100. The first kappa shape index (κ1) is 18.8. The molecule has 4 heterocycles. The zero-order valence-electron chi connectivity index (χ0n) is 14.8. The summed E-state index contributed by atoms with van der Waals surface area (Å²) in [6, 6.07) is 7.54. The summed E-state index contributed by atoms with van der Waals surface area (Å²) >= 11 is 0. The molecule has 0 spiro atoms. The quantitative estimate of drug-likeness (QED) is 0.666. The monoisotopic (exact) mass is 405 g/mol. The molecule has 0 N–H and O–H groups in total. The highest BCUT2D eigenvalue weighted by Gasteiger charge is 2.36. The second-order valence-electron chi connectivity index (χ2n) is 6.38. The Morgan fingerprint density at radius 2 is 1.90 bits per heavy atom. The van der Waals surface area contributed by atoms with Gasteiger partial charge in [0, 0.05) is 18.7 Å². The Hall–Kier alpha value is -3.56. The molecule has 0 fully saturated rings. The van der Waals surface area contributed by atoms with E-state index in [0.29, 0.717) is 40.5 Å². The Morgan fingerprint density at radius 3 is 2.55 bits per heavy atom. The molecule has 0 aromatic carbocycles.